The number of hydrogen-bond acceptors (Lipinski definition) is 2. The monoisotopic (exact) mass is 247 g/mol. The summed E-state index contributed by atoms with van der Waals surface area (Å²) in [5.74, 6) is 1.74. The molecule has 0 aromatic heterocycles. The van der Waals surface area contributed by atoms with Crippen molar-refractivity contribution in [1.82, 2.24) is 5.32 Å². The summed E-state index contributed by atoms with van der Waals surface area (Å²) in [6.07, 6.45) is 3.44. The summed E-state index contributed by atoms with van der Waals surface area (Å²) in [6, 6.07) is 7.17. The molecule has 100 valence electrons. The molecule has 1 aliphatic rings. The summed E-state index contributed by atoms with van der Waals surface area (Å²) in [5.41, 5.74) is 2.79. The average molecular weight is 247 g/mol. The minimum atomic E-state index is 0.473. The predicted molar refractivity (Wildman–Crippen MR) is 76.1 cm³/mol. The third-order valence-corrected chi connectivity index (χ3v) is 3.90. The number of rotatable bonds is 6. The smallest absolute Gasteiger partial charge is 0.122 e. The first kappa shape index (κ1) is 13.4. The van der Waals surface area contributed by atoms with Gasteiger partial charge in [0.1, 0.15) is 5.75 Å². The van der Waals surface area contributed by atoms with E-state index in [4.69, 9.17) is 4.74 Å². The molecule has 2 rings (SSSR count). The van der Waals surface area contributed by atoms with Crippen LogP contribution in [0.25, 0.3) is 0 Å². The van der Waals surface area contributed by atoms with Crippen LogP contribution in [0.15, 0.2) is 18.2 Å². The van der Waals surface area contributed by atoms with Gasteiger partial charge in [0.2, 0.25) is 0 Å². The summed E-state index contributed by atoms with van der Waals surface area (Å²) >= 11 is 0. The van der Waals surface area contributed by atoms with Crippen LogP contribution < -0.4 is 10.1 Å². The molecule has 1 N–H and O–H groups in total. The molecule has 0 saturated carbocycles. The molecule has 1 heterocycles. The molecule has 0 spiro atoms. The van der Waals surface area contributed by atoms with E-state index in [9.17, 15) is 0 Å². The van der Waals surface area contributed by atoms with Crippen LogP contribution >= 0.6 is 0 Å². The molecule has 2 nitrogen and oxygen atoms in total. The first-order chi connectivity index (χ1) is 8.76. The van der Waals surface area contributed by atoms with Crippen molar-refractivity contribution in [1.29, 1.82) is 0 Å². The number of nitrogens with one attached hydrogen (secondary N) is 1. The van der Waals surface area contributed by atoms with Crippen molar-refractivity contribution in [3.05, 3.63) is 29.3 Å². The molecule has 0 amide bonds. The standard InChI is InChI=1S/C16H25NO/c1-4-9-17-16(12(3)5-2)14-6-7-15-13(11-14)8-10-18-15/h6-7,11-12,16-17H,4-5,8-10H2,1-3H3. The van der Waals surface area contributed by atoms with Crippen LogP contribution in [0.3, 0.4) is 0 Å². The van der Waals surface area contributed by atoms with Crippen molar-refractivity contribution in [3.63, 3.8) is 0 Å². The third-order valence-electron chi connectivity index (χ3n) is 3.90. The zero-order valence-electron chi connectivity index (χ0n) is 11.8. The maximum Gasteiger partial charge on any atom is 0.122 e. The van der Waals surface area contributed by atoms with Gasteiger partial charge in [-0.05, 0) is 36.1 Å². The number of fused-ring (bicyclic) bond motifs is 1. The maximum atomic E-state index is 5.58. The molecule has 2 heteroatoms. The molecule has 18 heavy (non-hydrogen) atoms. The van der Waals surface area contributed by atoms with Crippen molar-refractivity contribution in [2.75, 3.05) is 13.2 Å². The molecule has 1 aliphatic heterocycles. The van der Waals surface area contributed by atoms with E-state index < -0.39 is 0 Å². The highest BCUT2D eigenvalue weighted by atomic mass is 16.5. The molecule has 2 unspecified atom stereocenters. The molecule has 2 atom stereocenters. The molecule has 1 aromatic carbocycles. The molecular formula is C16H25NO. The number of benzene rings is 1. The molecule has 0 aliphatic carbocycles. The number of ether oxygens (including phenoxy) is 1. The Labute approximate surface area is 111 Å². The second-order valence-corrected chi connectivity index (χ2v) is 5.28. The second-order valence-electron chi connectivity index (χ2n) is 5.28. The highest BCUT2D eigenvalue weighted by Crippen LogP contribution is 2.31. The Morgan fingerprint density at radius 2 is 2.17 bits per heavy atom. The van der Waals surface area contributed by atoms with Gasteiger partial charge >= 0.3 is 0 Å². The first-order valence-electron chi connectivity index (χ1n) is 7.25. The van der Waals surface area contributed by atoms with Crippen molar-refractivity contribution in [2.24, 2.45) is 5.92 Å². The molecule has 0 radical (unpaired) electrons. The van der Waals surface area contributed by atoms with E-state index in [1.165, 1.54) is 24.0 Å². The van der Waals surface area contributed by atoms with Crippen molar-refractivity contribution >= 4 is 0 Å². The van der Waals surface area contributed by atoms with Crippen molar-refractivity contribution < 1.29 is 4.74 Å². The summed E-state index contributed by atoms with van der Waals surface area (Å²) in [5, 5.41) is 3.69. The van der Waals surface area contributed by atoms with E-state index in [2.05, 4.69) is 44.3 Å². The summed E-state index contributed by atoms with van der Waals surface area (Å²) < 4.78 is 5.58. The van der Waals surface area contributed by atoms with Crippen LogP contribution in [-0.2, 0) is 6.42 Å². The maximum absolute atomic E-state index is 5.58. The van der Waals surface area contributed by atoms with Gasteiger partial charge in [0.15, 0.2) is 0 Å². The second kappa shape index (κ2) is 6.24. The van der Waals surface area contributed by atoms with Gasteiger partial charge in [-0.15, -0.1) is 0 Å². The van der Waals surface area contributed by atoms with Gasteiger partial charge in [0, 0.05) is 12.5 Å². The summed E-state index contributed by atoms with van der Waals surface area (Å²) in [7, 11) is 0. The summed E-state index contributed by atoms with van der Waals surface area (Å²) in [6.45, 7) is 8.74. The molecule has 0 saturated heterocycles. The van der Waals surface area contributed by atoms with E-state index in [1.54, 1.807) is 0 Å². The molecule has 0 bridgehead atoms. The fourth-order valence-electron chi connectivity index (χ4n) is 2.58. The van der Waals surface area contributed by atoms with Crippen LogP contribution in [0.2, 0.25) is 0 Å². The van der Waals surface area contributed by atoms with E-state index >= 15 is 0 Å². The van der Waals surface area contributed by atoms with Crippen LogP contribution in [0, 0.1) is 5.92 Å². The SMILES string of the molecule is CCCNC(c1ccc2c(c1)CCO2)C(C)CC. The van der Waals surface area contributed by atoms with E-state index in [0.29, 0.717) is 12.0 Å². The Balaban J connectivity index is 2.18. The minimum absolute atomic E-state index is 0.473. The Kier molecular flexibility index (Phi) is 4.65. The topological polar surface area (TPSA) is 21.3 Å². The Bertz CT molecular complexity index is 389. The zero-order valence-corrected chi connectivity index (χ0v) is 11.8. The zero-order chi connectivity index (χ0) is 13.0. The van der Waals surface area contributed by atoms with E-state index in [-0.39, 0.29) is 0 Å². The van der Waals surface area contributed by atoms with E-state index in [0.717, 1.165) is 25.3 Å². The molecular weight excluding hydrogens is 222 g/mol. The largest absolute Gasteiger partial charge is 0.493 e. The van der Waals surface area contributed by atoms with Crippen molar-refractivity contribution in [2.45, 2.75) is 46.1 Å². The number of hydrogen-bond donors (Lipinski definition) is 1. The van der Waals surface area contributed by atoms with Gasteiger partial charge in [-0.2, -0.15) is 0 Å². The minimum Gasteiger partial charge on any atom is -0.493 e. The lowest BCUT2D eigenvalue weighted by molar-refractivity contribution is 0.356. The lowest BCUT2D eigenvalue weighted by Gasteiger charge is -2.25. The van der Waals surface area contributed by atoms with Gasteiger partial charge in [-0.3, -0.25) is 0 Å². The lowest BCUT2D eigenvalue weighted by atomic mass is 9.91. The van der Waals surface area contributed by atoms with Crippen LogP contribution in [0.4, 0.5) is 0 Å². The third kappa shape index (κ3) is 2.86. The highest BCUT2D eigenvalue weighted by molar-refractivity contribution is 5.40. The highest BCUT2D eigenvalue weighted by Gasteiger charge is 2.20. The Hall–Kier alpha value is -1.02. The average Bonchev–Trinajstić information content (AvgIpc) is 2.86. The molecule has 0 fully saturated rings. The van der Waals surface area contributed by atoms with Gasteiger partial charge in [0.05, 0.1) is 6.61 Å². The van der Waals surface area contributed by atoms with E-state index in [1.807, 2.05) is 0 Å². The Morgan fingerprint density at radius 1 is 1.33 bits per heavy atom. The first-order valence-corrected chi connectivity index (χ1v) is 7.25. The fraction of sp³-hybridized carbons (Fsp3) is 0.625. The lowest BCUT2D eigenvalue weighted by Crippen LogP contribution is -2.27. The van der Waals surface area contributed by atoms with Crippen LogP contribution in [0.1, 0.15) is 50.8 Å². The fourth-order valence-corrected chi connectivity index (χ4v) is 2.58. The normalized spacial score (nSPS) is 17.1. The van der Waals surface area contributed by atoms with Gasteiger partial charge in [0.25, 0.3) is 0 Å². The van der Waals surface area contributed by atoms with Gasteiger partial charge < -0.3 is 10.1 Å². The Morgan fingerprint density at radius 3 is 2.89 bits per heavy atom. The van der Waals surface area contributed by atoms with Crippen LogP contribution in [0.5, 0.6) is 5.75 Å². The van der Waals surface area contributed by atoms with Crippen LogP contribution in [-0.4, -0.2) is 13.2 Å². The summed E-state index contributed by atoms with van der Waals surface area (Å²) in [4.78, 5) is 0. The van der Waals surface area contributed by atoms with Crippen molar-refractivity contribution in [3.8, 4) is 5.75 Å². The van der Waals surface area contributed by atoms with Gasteiger partial charge in [-0.1, -0.05) is 39.3 Å². The quantitative estimate of drug-likeness (QED) is 0.827. The molecule has 1 aromatic rings. The predicted octanol–water partition coefficient (Wildman–Crippen LogP) is 3.71. The van der Waals surface area contributed by atoms with Gasteiger partial charge in [-0.25, -0.2) is 0 Å².